The van der Waals surface area contributed by atoms with Crippen molar-refractivity contribution in [2.45, 2.75) is 6.18 Å². The van der Waals surface area contributed by atoms with Crippen LogP contribution in [0, 0.1) is 0 Å². The molecule has 1 N–H and O–H groups in total. The van der Waals surface area contributed by atoms with Crippen LogP contribution in [0.15, 0.2) is 54.6 Å². The predicted molar refractivity (Wildman–Crippen MR) is 98.9 cm³/mol. The van der Waals surface area contributed by atoms with Gasteiger partial charge < -0.3 is 10.2 Å². The number of para-hydroxylation sites is 1. The molecule has 0 spiro atoms. The first-order valence-corrected chi connectivity index (χ1v) is 8.87. The number of anilines is 1. The minimum atomic E-state index is -4.53. The minimum absolute atomic E-state index is 0.0282. The summed E-state index contributed by atoms with van der Waals surface area (Å²) in [7, 11) is 0. The molecule has 0 aliphatic carbocycles. The number of carbonyl (C=O) groups is 2. The molecule has 2 aromatic carbocycles. The summed E-state index contributed by atoms with van der Waals surface area (Å²) in [6, 6.07) is 13.8. The number of amides is 2. The molecular formula is C20H20F3N3O2. The second-order valence-corrected chi connectivity index (χ2v) is 6.53. The molecule has 0 aromatic heterocycles. The van der Waals surface area contributed by atoms with E-state index in [9.17, 15) is 22.8 Å². The number of carbonyl (C=O) groups excluding carboxylic acids is 2. The number of piperazine rings is 1. The Morgan fingerprint density at radius 1 is 0.893 bits per heavy atom. The van der Waals surface area contributed by atoms with Gasteiger partial charge in [0.15, 0.2) is 0 Å². The summed E-state index contributed by atoms with van der Waals surface area (Å²) in [6.45, 7) is 1.85. The van der Waals surface area contributed by atoms with Crippen LogP contribution in [0.3, 0.4) is 0 Å². The molecule has 0 bridgehead atoms. The number of hydrogen-bond donors (Lipinski definition) is 1. The van der Waals surface area contributed by atoms with Gasteiger partial charge in [-0.3, -0.25) is 14.5 Å². The van der Waals surface area contributed by atoms with Gasteiger partial charge in [0, 0.05) is 31.7 Å². The lowest BCUT2D eigenvalue weighted by Gasteiger charge is -2.34. The van der Waals surface area contributed by atoms with Gasteiger partial charge >= 0.3 is 6.18 Å². The van der Waals surface area contributed by atoms with Crippen molar-refractivity contribution in [1.82, 2.24) is 9.80 Å². The summed E-state index contributed by atoms with van der Waals surface area (Å²) in [5.74, 6) is -0.580. The molecule has 1 aliphatic rings. The van der Waals surface area contributed by atoms with E-state index in [1.807, 2.05) is 11.0 Å². The highest BCUT2D eigenvalue weighted by molar-refractivity contribution is 5.94. The van der Waals surface area contributed by atoms with Crippen LogP contribution >= 0.6 is 0 Å². The van der Waals surface area contributed by atoms with Crippen LogP contribution < -0.4 is 5.32 Å². The Balaban J connectivity index is 1.53. The maximum atomic E-state index is 13.0. The summed E-state index contributed by atoms with van der Waals surface area (Å²) in [5.41, 5.74) is -0.517. The summed E-state index contributed by atoms with van der Waals surface area (Å²) < 4.78 is 39.1. The lowest BCUT2D eigenvalue weighted by atomic mass is 10.1. The zero-order valence-electron chi connectivity index (χ0n) is 15.1. The van der Waals surface area contributed by atoms with Crippen molar-refractivity contribution in [2.75, 3.05) is 38.0 Å². The fourth-order valence-corrected chi connectivity index (χ4v) is 3.10. The fraction of sp³-hybridized carbons (Fsp3) is 0.300. The van der Waals surface area contributed by atoms with Crippen LogP contribution in [0.2, 0.25) is 0 Å². The van der Waals surface area contributed by atoms with Crippen LogP contribution in [0.4, 0.5) is 18.9 Å². The number of benzene rings is 2. The van der Waals surface area contributed by atoms with Crippen LogP contribution in [0.1, 0.15) is 15.9 Å². The first kappa shape index (κ1) is 19.9. The van der Waals surface area contributed by atoms with E-state index in [4.69, 9.17) is 0 Å². The maximum Gasteiger partial charge on any atom is 0.418 e. The third-order valence-corrected chi connectivity index (χ3v) is 4.55. The van der Waals surface area contributed by atoms with Crippen molar-refractivity contribution >= 4 is 17.5 Å². The zero-order chi connectivity index (χ0) is 20.1. The van der Waals surface area contributed by atoms with Crippen molar-refractivity contribution in [3.8, 4) is 0 Å². The molecule has 1 saturated heterocycles. The molecule has 5 nitrogen and oxygen atoms in total. The number of alkyl halides is 3. The summed E-state index contributed by atoms with van der Waals surface area (Å²) >= 11 is 0. The van der Waals surface area contributed by atoms with Crippen LogP contribution in [-0.4, -0.2) is 54.3 Å². The SMILES string of the molecule is O=C(CN1CCN(C(=O)c2ccccc2)CC1)Nc1ccccc1C(F)(F)F. The largest absolute Gasteiger partial charge is 0.418 e. The Hall–Kier alpha value is -2.87. The quantitative estimate of drug-likeness (QED) is 0.872. The molecular weight excluding hydrogens is 371 g/mol. The molecule has 0 atom stereocenters. The van der Waals surface area contributed by atoms with Crippen molar-refractivity contribution in [1.29, 1.82) is 0 Å². The first-order valence-electron chi connectivity index (χ1n) is 8.87. The molecule has 8 heteroatoms. The number of hydrogen-bond acceptors (Lipinski definition) is 3. The normalized spacial score (nSPS) is 15.3. The molecule has 148 valence electrons. The van der Waals surface area contributed by atoms with Gasteiger partial charge in [-0.1, -0.05) is 30.3 Å². The van der Waals surface area contributed by atoms with Gasteiger partial charge in [0.25, 0.3) is 5.91 Å². The zero-order valence-corrected chi connectivity index (χ0v) is 15.1. The third kappa shape index (κ3) is 4.89. The molecule has 2 aromatic rings. The Morgan fingerprint density at radius 3 is 2.14 bits per heavy atom. The van der Waals surface area contributed by atoms with Crippen LogP contribution in [0.25, 0.3) is 0 Å². The molecule has 0 saturated carbocycles. The van der Waals surface area contributed by atoms with E-state index in [-0.39, 0.29) is 18.1 Å². The van der Waals surface area contributed by atoms with Crippen molar-refractivity contribution in [3.05, 3.63) is 65.7 Å². The highest BCUT2D eigenvalue weighted by atomic mass is 19.4. The van der Waals surface area contributed by atoms with Gasteiger partial charge in [0.05, 0.1) is 17.8 Å². The fourth-order valence-electron chi connectivity index (χ4n) is 3.10. The Bertz CT molecular complexity index is 832. The second kappa shape index (κ2) is 8.43. The first-order chi connectivity index (χ1) is 13.3. The van der Waals surface area contributed by atoms with Gasteiger partial charge in [-0.05, 0) is 24.3 Å². The molecule has 1 aliphatic heterocycles. The Morgan fingerprint density at radius 2 is 1.50 bits per heavy atom. The van der Waals surface area contributed by atoms with Gasteiger partial charge in [0.2, 0.25) is 5.91 Å². The highest BCUT2D eigenvalue weighted by Gasteiger charge is 2.33. The van der Waals surface area contributed by atoms with Crippen molar-refractivity contribution in [3.63, 3.8) is 0 Å². The smallest absolute Gasteiger partial charge is 0.336 e. The number of rotatable bonds is 4. The topological polar surface area (TPSA) is 52.7 Å². The predicted octanol–water partition coefficient (Wildman–Crippen LogP) is 3.10. The molecule has 3 rings (SSSR count). The molecule has 1 fully saturated rings. The summed E-state index contributed by atoms with van der Waals surface area (Å²) in [6.07, 6.45) is -4.53. The number of nitrogens with zero attached hydrogens (tertiary/aromatic N) is 2. The Labute approximate surface area is 160 Å². The van der Waals surface area contributed by atoms with E-state index in [1.54, 1.807) is 29.2 Å². The van der Waals surface area contributed by atoms with Crippen molar-refractivity contribution in [2.24, 2.45) is 0 Å². The highest BCUT2D eigenvalue weighted by Crippen LogP contribution is 2.34. The monoisotopic (exact) mass is 391 g/mol. The molecule has 1 heterocycles. The minimum Gasteiger partial charge on any atom is -0.336 e. The lowest BCUT2D eigenvalue weighted by Crippen LogP contribution is -2.50. The van der Waals surface area contributed by atoms with Crippen LogP contribution in [0.5, 0.6) is 0 Å². The average molecular weight is 391 g/mol. The number of nitrogens with one attached hydrogen (secondary N) is 1. The van der Waals surface area contributed by atoms with E-state index in [2.05, 4.69) is 5.32 Å². The van der Waals surface area contributed by atoms with E-state index >= 15 is 0 Å². The van der Waals surface area contributed by atoms with Gasteiger partial charge in [-0.2, -0.15) is 13.2 Å². The van der Waals surface area contributed by atoms with E-state index in [0.717, 1.165) is 6.07 Å². The van der Waals surface area contributed by atoms with E-state index in [0.29, 0.717) is 31.7 Å². The van der Waals surface area contributed by atoms with Crippen LogP contribution in [-0.2, 0) is 11.0 Å². The van der Waals surface area contributed by atoms with Gasteiger partial charge in [-0.25, -0.2) is 0 Å². The van der Waals surface area contributed by atoms with Gasteiger partial charge in [-0.15, -0.1) is 0 Å². The van der Waals surface area contributed by atoms with E-state index < -0.39 is 17.6 Å². The average Bonchev–Trinajstić information content (AvgIpc) is 2.68. The van der Waals surface area contributed by atoms with E-state index in [1.165, 1.54) is 18.2 Å². The standard InChI is InChI=1S/C20H20F3N3O2/c21-20(22,23)16-8-4-5-9-17(16)24-18(27)14-25-10-12-26(13-11-25)19(28)15-6-2-1-3-7-15/h1-9H,10-14H2,(H,24,27). The molecule has 0 unspecified atom stereocenters. The lowest BCUT2D eigenvalue weighted by molar-refractivity contribution is -0.137. The van der Waals surface area contributed by atoms with Crippen molar-refractivity contribution < 1.29 is 22.8 Å². The molecule has 28 heavy (non-hydrogen) atoms. The summed E-state index contributed by atoms with van der Waals surface area (Å²) in [4.78, 5) is 28.1. The third-order valence-electron chi connectivity index (χ3n) is 4.55. The molecule has 2 amide bonds. The summed E-state index contributed by atoms with van der Waals surface area (Å²) in [5, 5.41) is 2.34. The Kier molecular flexibility index (Phi) is 5.99. The maximum absolute atomic E-state index is 13.0. The number of halogens is 3. The second-order valence-electron chi connectivity index (χ2n) is 6.53. The molecule has 0 radical (unpaired) electrons. The van der Waals surface area contributed by atoms with Gasteiger partial charge in [0.1, 0.15) is 0 Å².